The Morgan fingerprint density at radius 3 is 2.80 bits per heavy atom. The van der Waals surface area contributed by atoms with Gasteiger partial charge in [-0.05, 0) is 30.7 Å². The Hall–Kier alpha value is -0.960. The van der Waals surface area contributed by atoms with Crippen molar-refractivity contribution in [1.29, 1.82) is 0 Å². The van der Waals surface area contributed by atoms with Crippen molar-refractivity contribution >= 4 is 37.8 Å². The number of nitrogens with one attached hydrogen (secondary N) is 1. The number of aliphatic hydroxyl groups is 1. The highest BCUT2D eigenvalue weighted by Crippen LogP contribution is 2.41. The van der Waals surface area contributed by atoms with Crippen molar-refractivity contribution in [3.05, 3.63) is 26.9 Å². The van der Waals surface area contributed by atoms with Gasteiger partial charge in [0.2, 0.25) is 0 Å². The summed E-state index contributed by atoms with van der Waals surface area (Å²) >= 11 is 2.55. The normalized spacial score (nSPS) is 15.5. The highest BCUT2D eigenvalue weighted by atomic mass is 32.2. The molecule has 5 nitrogen and oxygen atoms in total. The Labute approximate surface area is 125 Å². The number of hydrogen-bond acceptors (Lipinski definition) is 6. The highest BCUT2D eigenvalue weighted by Gasteiger charge is 2.28. The molecule has 108 valence electrons. The quantitative estimate of drug-likeness (QED) is 0.883. The maximum absolute atomic E-state index is 12.4. The number of anilines is 1. The fourth-order valence-corrected chi connectivity index (χ4v) is 5.73. The average Bonchev–Trinajstić information content (AvgIpc) is 3.02. The molecule has 0 spiro atoms. The summed E-state index contributed by atoms with van der Waals surface area (Å²) in [7, 11) is -3.69. The molecule has 0 radical (unpaired) electrons. The number of rotatable bonds is 5. The molecule has 0 aliphatic heterocycles. The number of thiophene rings is 1. The third kappa shape index (κ3) is 2.60. The molecule has 2 heterocycles. The first-order chi connectivity index (χ1) is 9.51. The SMILES string of the molecule is Cc1csc(CO)c1S(=O)(=O)Nc1nc(C2CC2)cs1. The van der Waals surface area contributed by atoms with Crippen molar-refractivity contribution in [2.45, 2.75) is 37.2 Å². The molecule has 3 rings (SSSR count). The molecule has 0 bridgehead atoms. The predicted molar refractivity (Wildman–Crippen MR) is 79.9 cm³/mol. The van der Waals surface area contributed by atoms with E-state index in [1.807, 2.05) is 5.38 Å². The lowest BCUT2D eigenvalue weighted by Crippen LogP contribution is -2.14. The molecule has 0 aromatic carbocycles. The van der Waals surface area contributed by atoms with Crippen LogP contribution in [0.3, 0.4) is 0 Å². The Bertz CT molecular complexity index is 729. The molecule has 0 saturated heterocycles. The van der Waals surface area contributed by atoms with Crippen LogP contribution in [-0.4, -0.2) is 18.5 Å². The second-order valence-corrected chi connectivity index (χ2v) is 8.23. The van der Waals surface area contributed by atoms with E-state index in [2.05, 4.69) is 9.71 Å². The molecule has 0 unspecified atom stereocenters. The van der Waals surface area contributed by atoms with Crippen LogP contribution in [0.5, 0.6) is 0 Å². The number of sulfonamides is 1. The van der Waals surface area contributed by atoms with E-state index < -0.39 is 10.0 Å². The van der Waals surface area contributed by atoms with Gasteiger partial charge < -0.3 is 5.11 Å². The summed E-state index contributed by atoms with van der Waals surface area (Å²) in [4.78, 5) is 4.95. The zero-order valence-electron chi connectivity index (χ0n) is 10.8. The van der Waals surface area contributed by atoms with Gasteiger partial charge in [-0.2, -0.15) is 0 Å². The van der Waals surface area contributed by atoms with Crippen LogP contribution in [0.1, 0.15) is 34.9 Å². The summed E-state index contributed by atoms with van der Waals surface area (Å²) < 4.78 is 27.3. The van der Waals surface area contributed by atoms with Crippen molar-refractivity contribution in [3.63, 3.8) is 0 Å². The summed E-state index contributed by atoms with van der Waals surface area (Å²) in [5.74, 6) is 0.500. The van der Waals surface area contributed by atoms with E-state index in [9.17, 15) is 13.5 Å². The lowest BCUT2D eigenvalue weighted by Gasteiger charge is -2.06. The van der Waals surface area contributed by atoms with E-state index in [0.717, 1.165) is 18.5 Å². The van der Waals surface area contributed by atoms with E-state index >= 15 is 0 Å². The molecule has 1 aliphatic rings. The van der Waals surface area contributed by atoms with Gasteiger partial charge in [-0.1, -0.05) is 0 Å². The summed E-state index contributed by atoms with van der Waals surface area (Å²) in [6.07, 6.45) is 2.27. The molecule has 2 aromatic rings. The van der Waals surface area contributed by atoms with Gasteiger partial charge in [-0.15, -0.1) is 22.7 Å². The molecule has 1 saturated carbocycles. The smallest absolute Gasteiger partial charge is 0.265 e. The first kappa shape index (κ1) is 14.0. The number of nitrogens with zero attached hydrogens (tertiary/aromatic N) is 1. The molecule has 2 N–H and O–H groups in total. The summed E-state index contributed by atoms with van der Waals surface area (Å²) in [6, 6.07) is 0. The lowest BCUT2D eigenvalue weighted by molar-refractivity contribution is 0.282. The van der Waals surface area contributed by atoms with E-state index in [1.54, 1.807) is 12.3 Å². The standard InChI is InChI=1S/C12H14N2O3S3/c1-7-5-18-10(4-15)11(7)20(16,17)14-12-13-9(6-19-12)8-2-3-8/h5-6,8,15H,2-4H2,1H3,(H,13,14). The van der Waals surface area contributed by atoms with E-state index in [1.165, 1.54) is 22.7 Å². The van der Waals surface area contributed by atoms with Crippen LogP contribution in [-0.2, 0) is 16.6 Å². The number of hydrogen-bond donors (Lipinski definition) is 2. The molecule has 0 amide bonds. The largest absolute Gasteiger partial charge is 0.391 e. The zero-order chi connectivity index (χ0) is 14.3. The summed E-state index contributed by atoms with van der Waals surface area (Å²) in [5.41, 5.74) is 1.61. The van der Waals surface area contributed by atoms with Gasteiger partial charge in [0.15, 0.2) is 5.13 Å². The minimum absolute atomic E-state index is 0.174. The van der Waals surface area contributed by atoms with Crippen LogP contribution in [0.4, 0.5) is 5.13 Å². The van der Waals surface area contributed by atoms with Gasteiger partial charge in [0.25, 0.3) is 10.0 Å². The van der Waals surface area contributed by atoms with Crippen LogP contribution < -0.4 is 4.72 Å². The third-order valence-corrected chi connectivity index (χ3v) is 6.83. The number of aromatic nitrogens is 1. The zero-order valence-corrected chi connectivity index (χ0v) is 13.2. The van der Waals surface area contributed by atoms with Gasteiger partial charge in [-0.25, -0.2) is 13.4 Å². The van der Waals surface area contributed by atoms with Crippen LogP contribution >= 0.6 is 22.7 Å². The van der Waals surface area contributed by atoms with E-state index in [-0.39, 0.29) is 11.5 Å². The monoisotopic (exact) mass is 330 g/mol. The maximum Gasteiger partial charge on any atom is 0.265 e. The molecule has 8 heteroatoms. The minimum Gasteiger partial charge on any atom is -0.391 e. The molecular formula is C12H14N2O3S3. The van der Waals surface area contributed by atoms with Crippen LogP contribution in [0.2, 0.25) is 0 Å². The second-order valence-electron chi connectivity index (χ2n) is 4.79. The predicted octanol–water partition coefficient (Wildman–Crippen LogP) is 2.68. The van der Waals surface area contributed by atoms with Gasteiger partial charge in [-0.3, -0.25) is 4.72 Å². The fraction of sp³-hybridized carbons (Fsp3) is 0.417. The summed E-state index contributed by atoms with van der Waals surface area (Å²) in [5, 5.41) is 13.3. The minimum atomic E-state index is -3.69. The Morgan fingerprint density at radius 1 is 1.40 bits per heavy atom. The van der Waals surface area contributed by atoms with E-state index in [0.29, 0.717) is 21.5 Å². The fourth-order valence-electron chi connectivity index (χ4n) is 2.02. The number of thiazole rings is 1. The van der Waals surface area contributed by atoms with Crippen LogP contribution in [0.25, 0.3) is 0 Å². The van der Waals surface area contributed by atoms with Crippen molar-refractivity contribution in [2.75, 3.05) is 4.72 Å². The Morgan fingerprint density at radius 2 is 2.15 bits per heavy atom. The third-order valence-electron chi connectivity index (χ3n) is 3.14. The topological polar surface area (TPSA) is 79.3 Å². The highest BCUT2D eigenvalue weighted by molar-refractivity contribution is 7.93. The molecular weight excluding hydrogens is 316 g/mol. The molecule has 1 fully saturated rings. The Kier molecular flexibility index (Phi) is 3.57. The van der Waals surface area contributed by atoms with Crippen molar-refractivity contribution < 1.29 is 13.5 Å². The molecule has 2 aromatic heterocycles. The molecule has 1 aliphatic carbocycles. The average molecular weight is 330 g/mol. The van der Waals surface area contributed by atoms with Crippen molar-refractivity contribution in [2.24, 2.45) is 0 Å². The van der Waals surface area contributed by atoms with Gasteiger partial charge in [0.05, 0.1) is 17.2 Å². The first-order valence-corrected chi connectivity index (χ1v) is 9.41. The molecule has 0 atom stereocenters. The van der Waals surface area contributed by atoms with Crippen LogP contribution in [0.15, 0.2) is 15.7 Å². The lowest BCUT2D eigenvalue weighted by atomic mass is 10.3. The van der Waals surface area contributed by atoms with Crippen molar-refractivity contribution in [1.82, 2.24) is 4.98 Å². The number of aryl methyl sites for hydroxylation is 1. The first-order valence-electron chi connectivity index (χ1n) is 6.17. The van der Waals surface area contributed by atoms with E-state index in [4.69, 9.17) is 0 Å². The second kappa shape index (κ2) is 5.10. The van der Waals surface area contributed by atoms with Crippen LogP contribution in [0, 0.1) is 6.92 Å². The number of aliphatic hydroxyl groups excluding tert-OH is 1. The molecule has 20 heavy (non-hydrogen) atoms. The Balaban J connectivity index is 1.89. The van der Waals surface area contributed by atoms with Crippen molar-refractivity contribution in [3.8, 4) is 0 Å². The van der Waals surface area contributed by atoms with Gasteiger partial charge in [0, 0.05) is 11.3 Å². The van der Waals surface area contributed by atoms with Gasteiger partial charge in [0.1, 0.15) is 4.90 Å². The van der Waals surface area contributed by atoms with Gasteiger partial charge >= 0.3 is 0 Å². The summed E-state index contributed by atoms with van der Waals surface area (Å²) in [6.45, 7) is 1.45. The maximum atomic E-state index is 12.4.